The van der Waals surface area contributed by atoms with Crippen molar-refractivity contribution >= 4 is 44.6 Å². The van der Waals surface area contributed by atoms with Crippen molar-refractivity contribution in [1.82, 2.24) is 4.31 Å². The lowest BCUT2D eigenvalue weighted by atomic mass is 10.0. The van der Waals surface area contributed by atoms with E-state index in [4.69, 9.17) is 11.6 Å². The highest BCUT2D eigenvalue weighted by atomic mass is 35.5. The predicted octanol–water partition coefficient (Wildman–Crippen LogP) is 3.61. The molecule has 1 atom stereocenters. The van der Waals surface area contributed by atoms with Gasteiger partial charge in [-0.1, -0.05) is 36.2 Å². The first-order valence-electron chi connectivity index (χ1n) is 8.01. The average molecular weight is 399 g/mol. The van der Waals surface area contributed by atoms with Crippen molar-refractivity contribution in [2.75, 3.05) is 18.5 Å². The van der Waals surface area contributed by atoms with E-state index in [0.29, 0.717) is 17.3 Å². The van der Waals surface area contributed by atoms with Crippen LogP contribution in [0.25, 0.3) is 0 Å². The molecule has 1 aliphatic heterocycles. The van der Waals surface area contributed by atoms with Gasteiger partial charge in [0.1, 0.15) is 10.3 Å². The number of thiophene rings is 1. The number of halogens is 1. The molecule has 5 nitrogen and oxygen atoms in total. The molecule has 0 radical (unpaired) electrons. The van der Waals surface area contributed by atoms with Gasteiger partial charge in [-0.2, -0.15) is 4.31 Å². The SMILES string of the molecule is CN(C(=O)C1CCCCN1S(=O)(=O)c1ccc(Cl)s1)c1ccccc1. The van der Waals surface area contributed by atoms with E-state index >= 15 is 0 Å². The van der Waals surface area contributed by atoms with Crippen LogP contribution in [0.5, 0.6) is 0 Å². The minimum absolute atomic E-state index is 0.180. The van der Waals surface area contributed by atoms with E-state index in [1.807, 2.05) is 30.3 Å². The van der Waals surface area contributed by atoms with Crippen LogP contribution in [-0.4, -0.2) is 38.3 Å². The van der Waals surface area contributed by atoms with E-state index in [9.17, 15) is 13.2 Å². The van der Waals surface area contributed by atoms with Crippen LogP contribution < -0.4 is 4.90 Å². The highest BCUT2D eigenvalue weighted by Crippen LogP contribution is 2.32. The Morgan fingerprint density at radius 1 is 1.20 bits per heavy atom. The molecule has 1 unspecified atom stereocenters. The number of hydrogen-bond donors (Lipinski definition) is 0. The van der Waals surface area contributed by atoms with Gasteiger partial charge in [-0.05, 0) is 37.1 Å². The summed E-state index contributed by atoms with van der Waals surface area (Å²) in [6.45, 7) is 0.344. The molecule has 134 valence electrons. The summed E-state index contributed by atoms with van der Waals surface area (Å²) in [4.78, 5) is 14.5. The van der Waals surface area contributed by atoms with Crippen LogP contribution in [0.1, 0.15) is 19.3 Å². The first-order valence-corrected chi connectivity index (χ1v) is 10.6. The third-order valence-electron chi connectivity index (χ3n) is 4.32. The van der Waals surface area contributed by atoms with E-state index < -0.39 is 16.1 Å². The fraction of sp³-hybridized carbons (Fsp3) is 0.353. The van der Waals surface area contributed by atoms with Gasteiger partial charge in [-0.3, -0.25) is 4.79 Å². The predicted molar refractivity (Wildman–Crippen MR) is 101 cm³/mol. The molecule has 1 fully saturated rings. The highest BCUT2D eigenvalue weighted by molar-refractivity contribution is 7.91. The van der Waals surface area contributed by atoms with Crippen molar-refractivity contribution in [1.29, 1.82) is 0 Å². The van der Waals surface area contributed by atoms with Crippen molar-refractivity contribution < 1.29 is 13.2 Å². The normalized spacial score (nSPS) is 18.9. The topological polar surface area (TPSA) is 57.7 Å². The van der Waals surface area contributed by atoms with Crippen LogP contribution in [0.15, 0.2) is 46.7 Å². The van der Waals surface area contributed by atoms with Gasteiger partial charge < -0.3 is 4.90 Å². The zero-order chi connectivity index (χ0) is 18.0. The van der Waals surface area contributed by atoms with Gasteiger partial charge in [0, 0.05) is 19.3 Å². The molecule has 1 aromatic heterocycles. The van der Waals surface area contributed by atoms with E-state index in [1.165, 1.54) is 15.3 Å². The van der Waals surface area contributed by atoms with E-state index in [1.54, 1.807) is 13.1 Å². The van der Waals surface area contributed by atoms with Crippen LogP contribution in [0, 0.1) is 0 Å². The number of likely N-dealkylation sites (N-methyl/N-ethyl adjacent to an activating group) is 1. The Kier molecular flexibility index (Phi) is 5.48. The zero-order valence-electron chi connectivity index (χ0n) is 13.8. The summed E-state index contributed by atoms with van der Waals surface area (Å²) in [5, 5.41) is 0. The van der Waals surface area contributed by atoms with Crippen molar-refractivity contribution in [3.8, 4) is 0 Å². The van der Waals surface area contributed by atoms with Gasteiger partial charge in [0.05, 0.1) is 4.34 Å². The summed E-state index contributed by atoms with van der Waals surface area (Å²) < 4.78 is 27.9. The number of benzene rings is 1. The molecule has 1 amide bonds. The molecule has 3 rings (SSSR count). The molecule has 0 N–H and O–H groups in total. The monoisotopic (exact) mass is 398 g/mol. The summed E-state index contributed by atoms with van der Waals surface area (Å²) in [7, 11) is -2.05. The summed E-state index contributed by atoms with van der Waals surface area (Å²) in [5.74, 6) is -0.211. The second-order valence-electron chi connectivity index (χ2n) is 5.92. The van der Waals surface area contributed by atoms with Gasteiger partial charge in [-0.25, -0.2) is 8.42 Å². The number of nitrogens with zero attached hydrogens (tertiary/aromatic N) is 2. The Morgan fingerprint density at radius 2 is 1.92 bits per heavy atom. The standard InChI is InChI=1S/C17H19ClN2O3S2/c1-19(13-7-3-2-4-8-13)17(21)14-9-5-6-12-20(14)25(22,23)16-11-10-15(18)24-16/h2-4,7-8,10-11,14H,5-6,9,12H2,1H3. The number of rotatable bonds is 4. The number of anilines is 1. The number of sulfonamides is 1. The first-order chi connectivity index (χ1) is 11.9. The molecule has 0 spiro atoms. The Labute approximate surface area is 156 Å². The Balaban J connectivity index is 1.89. The molecule has 2 aromatic rings. The second kappa shape index (κ2) is 7.45. The lowest BCUT2D eigenvalue weighted by molar-refractivity contribution is -0.122. The number of carbonyl (C=O) groups is 1. The second-order valence-corrected chi connectivity index (χ2v) is 9.75. The fourth-order valence-electron chi connectivity index (χ4n) is 2.99. The number of hydrogen-bond acceptors (Lipinski definition) is 4. The molecule has 2 heterocycles. The van der Waals surface area contributed by atoms with Crippen molar-refractivity contribution in [2.45, 2.75) is 29.5 Å². The van der Waals surface area contributed by atoms with Gasteiger partial charge in [0.25, 0.3) is 10.0 Å². The number of piperidine rings is 1. The van der Waals surface area contributed by atoms with Gasteiger partial charge in [-0.15, -0.1) is 11.3 Å². The Hall–Kier alpha value is -1.41. The summed E-state index contributed by atoms with van der Waals surface area (Å²) in [5.41, 5.74) is 0.745. The highest BCUT2D eigenvalue weighted by Gasteiger charge is 2.39. The Morgan fingerprint density at radius 3 is 2.56 bits per heavy atom. The maximum Gasteiger partial charge on any atom is 0.253 e. The molecule has 0 aliphatic carbocycles. The van der Waals surface area contributed by atoms with Crippen molar-refractivity contribution in [3.63, 3.8) is 0 Å². The van der Waals surface area contributed by atoms with Crippen molar-refractivity contribution in [2.24, 2.45) is 0 Å². The van der Waals surface area contributed by atoms with E-state index in [0.717, 1.165) is 29.9 Å². The minimum atomic E-state index is -3.73. The lowest BCUT2D eigenvalue weighted by Crippen LogP contribution is -2.52. The molecule has 1 aromatic carbocycles. The molecular weight excluding hydrogens is 380 g/mol. The third-order valence-corrected chi connectivity index (χ3v) is 7.93. The third kappa shape index (κ3) is 3.74. The molecular formula is C17H19ClN2O3S2. The first kappa shape index (κ1) is 18.4. The summed E-state index contributed by atoms with van der Waals surface area (Å²) in [6, 6.07) is 11.6. The lowest BCUT2D eigenvalue weighted by Gasteiger charge is -2.35. The van der Waals surface area contributed by atoms with Crippen LogP contribution >= 0.6 is 22.9 Å². The minimum Gasteiger partial charge on any atom is -0.314 e. The Bertz CT molecular complexity index is 852. The van der Waals surface area contributed by atoms with Crippen molar-refractivity contribution in [3.05, 3.63) is 46.8 Å². The fourth-order valence-corrected chi connectivity index (χ4v) is 6.26. The maximum atomic E-state index is 13.0. The molecule has 1 aliphatic rings. The smallest absolute Gasteiger partial charge is 0.253 e. The number of amides is 1. The molecule has 8 heteroatoms. The van der Waals surface area contributed by atoms with E-state index in [-0.39, 0.29) is 10.1 Å². The number of carbonyl (C=O) groups excluding carboxylic acids is 1. The van der Waals surface area contributed by atoms with Crippen LogP contribution in [0.4, 0.5) is 5.69 Å². The van der Waals surface area contributed by atoms with Gasteiger partial charge in [0.15, 0.2) is 0 Å². The molecule has 0 bridgehead atoms. The maximum absolute atomic E-state index is 13.0. The largest absolute Gasteiger partial charge is 0.314 e. The van der Waals surface area contributed by atoms with E-state index in [2.05, 4.69) is 0 Å². The van der Waals surface area contributed by atoms with Gasteiger partial charge in [0.2, 0.25) is 5.91 Å². The van der Waals surface area contributed by atoms with Crippen LogP contribution in [-0.2, 0) is 14.8 Å². The molecule has 1 saturated heterocycles. The van der Waals surface area contributed by atoms with Crippen LogP contribution in [0.2, 0.25) is 4.34 Å². The summed E-state index contributed by atoms with van der Waals surface area (Å²) in [6.07, 6.45) is 2.10. The summed E-state index contributed by atoms with van der Waals surface area (Å²) >= 11 is 6.91. The molecule has 0 saturated carbocycles. The van der Waals surface area contributed by atoms with Crippen LogP contribution in [0.3, 0.4) is 0 Å². The quantitative estimate of drug-likeness (QED) is 0.790. The zero-order valence-corrected chi connectivity index (χ0v) is 16.1. The van der Waals surface area contributed by atoms with Gasteiger partial charge >= 0.3 is 0 Å². The number of para-hydroxylation sites is 1. The molecule has 25 heavy (non-hydrogen) atoms. The average Bonchev–Trinajstić information content (AvgIpc) is 3.08.